The van der Waals surface area contributed by atoms with Crippen molar-refractivity contribution in [2.45, 2.75) is 32.7 Å². The van der Waals surface area contributed by atoms with Gasteiger partial charge >= 0.3 is 0 Å². The van der Waals surface area contributed by atoms with Crippen molar-refractivity contribution in [3.8, 4) is 5.69 Å². The molecule has 2 aromatic carbocycles. The van der Waals surface area contributed by atoms with Gasteiger partial charge in [0, 0.05) is 31.0 Å². The van der Waals surface area contributed by atoms with Gasteiger partial charge in [0.2, 0.25) is 5.95 Å². The highest BCUT2D eigenvalue weighted by Gasteiger charge is 2.22. The minimum Gasteiger partial charge on any atom is -0.345 e. The zero-order valence-electron chi connectivity index (χ0n) is 19.4. The molecule has 172 valence electrons. The number of nitrogens with zero attached hydrogens (tertiary/aromatic N) is 4. The SMILES string of the molecule is Cc1ccc(-n2c(N3CCCC3)nc3cc(C(=O)N[C@@H](C)c4cccnc4)ccc3c2=O)cc1. The van der Waals surface area contributed by atoms with Crippen LogP contribution in [-0.4, -0.2) is 33.5 Å². The maximum atomic E-state index is 13.6. The molecule has 0 unspecified atom stereocenters. The van der Waals surface area contributed by atoms with Crippen LogP contribution in [0.3, 0.4) is 0 Å². The van der Waals surface area contributed by atoms with E-state index in [2.05, 4.69) is 15.2 Å². The normalized spacial score (nSPS) is 14.4. The van der Waals surface area contributed by atoms with E-state index < -0.39 is 0 Å². The summed E-state index contributed by atoms with van der Waals surface area (Å²) in [6, 6.07) is 16.6. The first kappa shape index (κ1) is 21.8. The molecule has 0 saturated carbocycles. The number of hydrogen-bond acceptors (Lipinski definition) is 5. The molecule has 7 heteroatoms. The number of amides is 1. The number of hydrogen-bond donors (Lipinski definition) is 1. The fourth-order valence-corrected chi connectivity index (χ4v) is 4.37. The Kier molecular flexibility index (Phi) is 5.84. The number of aryl methyl sites for hydroxylation is 1. The average Bonchev–Trinajstić information content (AvgIpc) is 3.40. The van der Waals surface area contributed by atoms with E-state index in [9.17, 15) is 9.59 Å². The highest BCUT2D eigenvalue weighted by atomic mass is 16.1. The molecule has 0 aliphatic carbocycles. The minimum absolute atomic E-state index is 0.133. The fourth-order valence-electron chi connectivity index (χ4n) is 4.37. The molecule has 34 heavy (non-hydrogen) atoms. The molecule has 3 heterocycles. The Labute approximate surface area is 198 Å². The standard InChI is InChI=1S/C27H27N5O2/c1-18-7-10-22(11-8-18)32-26(34)23-12-9-20(16-24(23)30-27(32)31-14-3-4-15-31)25(33)29-19(2)21-6-5-13-28-17-21/h5-13,16-17,19H,3-4,14-15H2,1-2H3,(H,29,33)/t19-/m0/s1. The van der Waals surface area contributed by atoms with Gasteiger partial charge in [0.05, 0.1) is 22.6 Å². The monoisotopic (exact) mass is 453 g/mol. The van der Waals surface area contributed by atoms with E-state index in [1.807, 2.05) is 50.2 Å². The van der Waals surface area contributed by atoms with E-state index in [-0.39, 0.29) is 17.5 Å². The smallest absolute Gasteiger partial charge is 0.267 e. The molecule has 0 radical (unpaired) electrons. The molecule has 1 aliphatic heterocycles. The summed E-state index contributed by atoms with van der Waals surface area (Å²) in [7, 11) is 0. The van der Waals surface area contributed by atoms with Crippen LogP contribution in [0.25, 0.3) is 16.6 Å². The number of aromatic nitrogens is 3. The first-order chi connectivity index (χ1) is 16.5. The first-order valence-corrected chi connectivity index (χ1v) is 11.6. The van der Waals surface area contributed by atoms with Crippen LogP contribution in [0.1, 0.15) is 47.3 Å². The molecule has 7 nitrogen and oxygen atoms in total. The van der Waals surface area contributed by atoms with E-state index in [0.29, 0.717) is 22.4 Å². The Bertz CT molecular complexity index is 1390. The Morgan fingerprint density at radius 1 is 1.06 bits per heavy atom. The van der Waals surface area contributed by atoms with Gasteiger partial charge in [-0.15, -0.1) is 0 Å². The average molecular weight is 454 g/mol. The summed E-state index contributed by atoms with van der Waals surface area (Å²) in [5, 5.41) is 3.49. The summed E-state index contributed by atoms with van der Waals surface area (Å²) < 4.78 is 1.69. The zero-order chi connectivity index (χ0) is 23.7. The highest BCUT2D eigenvalue weighted by molar-refractivity contribution is 5.98. The van der Waals surface area contributed by atoms with Crippen molar-refractivity contribution in [2.75, 3.05) is 18.0 Å². The predicted molar refractivity (Wildman–Crippen MR) is 134 cm³/mol. The van der Waals surface area contributed by atoms with Crippen LogP contribution in [0.4, 0.5) is 5.95 Å². The molecule has 2 aromatic heterocycles. The lowest BCUT2D eigenvalue weighted by Crippen LogP contribution is -2.30. The Morgan fingerprint density at radius 3 is 2.53 bits per heavy atom. The Balaban J connectivity index is 1.56. The second kappa shape index (κ2) is 9.09. The number of anilines is 1. The van der Waals surface area contributed by atoms with Crippen molar-refractivity contribution in [1.29, 1.82) is 0 Å². The van der Waals surface area contributed by atoms with E-state index >= 15 is 0 Å². The largest absolute Gasteiger partial charge is 0.345 e. The van der Waals surface area contributed by atoms with E-state index in [0.717, 1.165) is 42.7 Å². The van der Waals surface area contributed by atoms with Crippen molar-refractivity contribution in [3.63, 3.8) is 0 Å². The van der Waals surface area contributed by atoms with Crippen LogP contribution in [0.5, 0.6) is 0 Å². The maximum absolute atomic E-state index is 13.6. The molecule has 1 amide bonds. The number of nitrogens with one attached hydrogen (secondary N) is 1. The highest BCUT2D eigenvalue weighted by Crippen LogP contribution is 2.24. The molecule has 4 aromatic rings. The van der Waals surface area contributed by atoms with Crippen LogP contribution >= 0.6 is 0 Å². The topological polar surface area (TPSA) is 80.1 Å². The van der Waals surface area contributed by atoms with Gasteiger partial charge in [-0.2, -0.15) is 0 Å². The maximum Gasteiger partial charge on any atom is 0.267 e. The fraction of sp³-hybridized carbons (Fsp3) is 0.259. The van der Waals surface area contributed by atoms with Gasteiger partial charge in [0.1, 0.15) is 0 Å². The number of carbonyl (C=O) groups excluding carboxylic acids is 1. The van der Waals surface area contributed by atoms with Crippen LogP contribution in [-0.2, 0) is 0 Å². The summed E-state index contributed by atoms with van der Waals surface area (Å²) in [4.78, 5) is 37.8. The molecule has 1 saturated heterocycles. The molecule has 0 bridgehead atoms. The molecule has 0 spiro atoms. The van der Waals surface area contributed by atoms with Crippen LogP contribution in [0.2, 0.25) is 0 Å². The summed E-state index contributed by atoms with van der Waals surface area (Å²) >= 11 is 0. The van der Waals surface area contributed by atoms with Crippen LogP contribution < -0.4 is 15.8 Å². The third-order valence-corrected chi connectivity index (χ3v) is 6.33. The molecule has 1 atom stereocenters. The summed E-state index contributed by atoms with van der Waals surface area (Å²) in [6.45, 7) is 5.65. The van der Waals surface area contributed by atoms with E-state index in [1.54, 1.807) is 35.2 Å². The van der Waals surface area contributed by atoms with Gasteiger partial charge in [-0.1, -0.05) is 23.8 Å². The first-order valence-electron chi connectivity index (χ1n) is 11.6. The number of pyridine rings is 1. The number of fused-ring (bicyclic) bond motifs is 1. The molecular weight excluding hydrogens is 426 g/mol. The Hall–Kier alpha value is -4.00. The lowest BCUT2D eigenvalue weighted by molar-refractivity contribution is 0.0940. The van der Waals surface area contributed by atoms with Crippen molar-refractivity contribution < 1.29 is 4.79 Å². The zero-order valence-corrected chi connectivity index (χ0v) is 19.4. The van der Waals surface area contributed by atoms with Gasteiger partial charge in [-0.3, -0.25) is 14.6 Å². The summed E-state index contributed by atoms with van der Waals surface area (Å²) in [5.74, 6) is 0.408. The second-order valence-electron chi connectivity index (χ2n) is 8.80. The predicted octanol–water partition coefficient (Wildman–Crippen LogP) is 4.18. The van der Waals surface area contributed by atoms with Crippen molar-refractivity contribution in [2.24, 2.45) is 0 Å². The molecular formula is C27H27N5O2. The third kappa shape index (κ3) is 4.17. The molecule has 1 aliphatic rings. The number of carbonyl (C=O) groups is 1. The number of rotatable bonds is 5. The number of benzene rings is 2. The van der Waals surface area contributed by atoms with Crippen molar-refractivity contribution in [1.82, 2.24) is 19.9 Å². The lowest BCUT2D eigenvalue weighted by Gasteiger charge is -2.22. The minimum atomic E-state index is -0.217. The summed E-state index contributed by atoms with van der Waals surface area (Å²) in [5.41, 5.74) is 3.70. The van der Waals surface area contributed by atoms with E-state index in [4.69, 9.17) is 4.98 Å². The molecule has 1 N–H and O–H groups in total. The van der Waals surface area contributed by atoms with Crippen molar-refractivity contribution in [3.05, 3.63) is 94.0 Å². The Morgan fingerprint density at radius 2 is 1.82 bits per heavy atom. The lowest BCUT2D eigenvalue weighted by atomic mass is 10.1. The van der Waals surface area contributed by atoms with E-state index in [1.165, 1.54) is 0 Å². The van der Waals surface area contributed by atoms with Crippen LogP contribution in [0, 0.1) is 6.92 Å². The van der Waals surface area contributed by atoms with Gasteiger partial charge in [0.25, 0.3) is 11.5 Å². The van der Waals surface area contributed by atoms with Gasteiger partial charge < -0.3 is 10.2 Å². The van der Waals surface area contributed by atoms with Crippen LogP contribution in [0.15, 0.2) is 71.8 Å². The van der Waals surface area contributed by atoms with Gasteiger partial charge in [0.15, 0.2) is 0 Å². The molecule has 1 fully saturated rings. The van der Waals surface area contributed by atoms with Gasteiger partial charge in [-0.25, -0.2) is 9.55 Å². The molecule has 5 rings (SSSR count). The third-order valence-electron chi connectivity index (χ3n) is 6.33. The van der Waals surface area contributed by atoms with Crippen molar-refractivity contribution >= 4 is 22.8 Å². The van der Waals surface area contributed by atoms with Gasteiger partial charge in [-0.05, 0) is 68.7 Å². The quantitative estimate of drug-likeness (QED) is 0.490. The summed E-state index contributed by atoms with van der Waals surface area (Å²) in [6.07, 6.45) is 5.57. The second-order valence-corrected chi connectivity index (χ2v) is 8.80.